The maximum atomic E-state index is 11.0. The molecule has 0 fully saturated rings. The number of aromatic amines is 1. The summed E-state index contributed by atoms with van der Waals surface area (Å²) in [6, 6.07) is 13.2. The topological polar surface area (TPSA) is 78.8 Å². The highest BCUT2D eigenvalue weighted by Gasteiger charge is 2.09. The first-order valence-corrected chi connectivity index (χ1v) is 7.84. The molecule has 124 valence electrons. The standard InChI is InChI=1S/C20H17N3O2/c1-12-8-18-19(9-13(12)2)23-20(22-18)16(11-21)10-15-4-6-17(7-5-15)25-14(3)24/h4-10H,1-3H3,(H,22,23)/b16-10+. The molecule has 1 aromatic heterocycles. The van der Waals surface area contributed by atoms with E-state index in [1.807, 2.05) is 26.0 Å². The van der Waals surface area contributed by atoms with Gasteiger partial charge < -0.3 is 9.72 Å². The summed E-state index contributed by atoms with van der Waals surface area (Å²) in [6.07, 6.45) is 1.75. The predicted octanol–water partition coefficient (Wildman–Crippen LogP) is 4.17. The maximum Gasteiger partial charge on any atom is 0.308 e. The summed E-state index contributed by atoms with van der Waals surface area (Å²) in [5.74, 6) is 0.637. The lowest BCUT2D eigenvalue weighted by molar-refractivity contribution is -0.131. The predicted molar refractivity (Wildman–Crippen MR) is 96.8 cm³/mol. The van der Waals surface area contributed by atoms with Gasteiger partial charge in [0.2, 0.25) is 0 Å². The molecule has 0 aliphatic rings. The number of nitriles is 1. The molecule has 0 saturated carbocycles. The molecule has 25 heavy (non-hydrogen) atoms. The fourth-order valence-corrected chi connectivity index (χ4v) is 2.52. The Kier molecular flexibility index (Phi) is 4.36. The van der Waals surface area contributed by atoms with Crippen LogP contribution in [0.1, 0.15) is 29.4 Å². The molecule has 1 heterocycles. The molecule has 0 saturated heterocycles. The number of carbonyl (C=O) groups excluding carboxylic acids is 1. The number of hydrogen-bond acceptors (Lipinski definition) is 4. The lowest BCUT2D eigenvalue weighted by Crippen LogP contribution is -2.00. The average Bonchev–Trinajstić information content (AvgIpc) is 2.96. The van der Waals surface area contributed by atoms with Crippen LogP contribution in [0.15, 0.2) is 36.4 Å². The second kappa shape index (κ2) is 6.62. The van der Waals surface area contributed by atoms with E-state index >= 15 is 0 Å². The van der Waals surface area contributed by atoms with Crippen LogP contribution in [-0.4, -0.2) is 15.9 Å². The molecular formula is C20H17N3O2. The van der Waals surface area contributed by atoms with E-state index in [9.17, 15) is 10.1 Å². The number of hydrogen-bond donors (Lipinski definition) is 1. The van der Waals surface area contributed by atoms with Crippen molar-refractivity contribution in [2.24, 2.45) is 0 Å². The van der Waals surface area contributed by atoms with Crippen molar-refractivity contribution >= 4 is 28.7 Å². The molecule has 3 rings (SSSR count). The number of fused-ring (bicyclic) bond motifs is 1. The minimum Gasteiger partial charge on any atom is -0.427 e. The van der Waals surface area contributed by atoms with Crippen LogP contribution >= 0.6 is 0 Å². The van der Waals surface area contributed by atoms with Crippen LogP contribution in [0.25, 0.3) is 22.7 Å². The Morgan fingerprint density at radius 3 is 2.52 bits per heavy atom. The summed E-state index contributed by atoms with van der Waals surface area (Å²) in [5, 5.41) is 9.50. The quantitative estimate of drug-likeness (QED) is 0.444. The van der Waals surface area contributed by atoms with Crippen molar-refractivity contribution in [3.8, 4) is 11.8 Å². The van der Waals surface area contributed by atoms with Crippen LogP contribution in [-0.2, 0) is 4.79 Å². The number of aromatic nitrogens is 2. The molecule has 0 radical (unpaired) electrons. The highest BCUT2D eigenvalue weighted by Crippen LogP contribution is 2.22. The zero-order chi connectivity index (χ0) is 18.0. The van der Waals surface area contributed by atoms with E-state index < -0.39 is 0 Å². The van der Waals surface area contributed by atoms with Gasteiger partial charge in [0.15, 0.2) is 0 Å². The summed E-state index contributed by atoms with van der Waals surface area (Å²) in [6.45, 7) is 5.43. The molecule has 0 amide bonds. The minimum atomic E-state index is -0.367. The Hall–Kier alpha value is -3.39. The molecule has 5 nitrogen and oxygen atoms in total. The number of benzene rings is 2. The van der Waals surface area contributed by atoms with Crippen molar-refractivity contribution < 1.29 is 9.53 Å². The molecule has 1 N–H and O–H groups in total. The highest BCUT2D eigenvalue weighted by molar-refractivity contribution is 5.90. The maximum absolute atomic E-state index is 11.0. The van der Waals surface area contributed by atoms with Gasteiger partial charge >= 0.3 is 5.97 Å². The number of H-pyrrole nitrogens is 1. The number of ether oxygens (including phenoxy) is 1. The summed E-state index contributed by atoms with van der Waals surface area (Å²) in [4.78, 5) is 18.7. The molecule has 2 aromatic carbocycles. The lowest BCUT2D eigenvalue weighted by Gasteiger charge is -2.01. The van der Waals surface area contributed by atoms with Gasteiger partial charge in [0.1, 0.15) is 17.6 Å². The van der Waals surface area contributed by atoms with E-state index in [1.165, 1.54) is 12.5 Å². The number of rotatable bonds is 3. The van der Waals surface area contributed by atoms with Crippen LogP contribution in [0.4, 0.5) is 0 Å². The molecule has 0 unspecified atom stereocenters. The number of esters is 1. The van der Waals surface area contributed by atoms with Crippen molar-refractivity contribution in [3.63, 3.8) is 0 Å². The third kappa shape index (κ3) is 3.59. The Bertz CT molecular complexity index is 983. The SMILES string of the molecule is CC(=O)Oc1ccc(/C=C(\C#N)c2nc3cc(C)c(C)cc3[nH]2)cc1. The van der Waals surface area contributed by atoms with Crippen LogP contribution in [0.3, 0.4) is 0 Å². The summed E-state index contributed by atoms with van der Waals surface area (Å²) in [5.41, 5.74) is 5.33. The van der Waals surface area contributed by atoms with Gasteiger partial charge in [0.25, 0.3) is 0 Å². The lowest BCUT2D eigenvalue weighted by atomic mass is 10.1. The molecule has 3 aromatic rings. The summed E-state index contributed by atoms with van der Waals surface area (Å²) < 4.78 is 5.00. The second-order valence-corrected chi connectivity index (χ2v) is 5.87. The summed E-state index contributed by atoms with van der Waals surface area (Å²) >= 11 is 0. The van der Waals surface area contributed by atoms with Gasteiger partial charge in [-0.15, -0.1) is 0 Å². The van der Waals surface area contributed by atoms with Gasteiger partial charge in [-0.2, -0.15) is 5.26 Å². The fraction of sp³-hybridized carbons (Fsp3) is 0.150. The molecule has 0 spiro atoms. The first-order valence-electron chi connectivity index (χ1n) is 7.84. The van der Waals surface area contributed by atoms with Crippen molar-refractivity contribution in [1.82, 2.24) is 9.97 Å². The van der Waals surface area contributed by atoms with E-state index in [2.05, 4.69) is 16.0 Å². The number of carbonyl (C=O) groups is 1. The number of nitrogens with zero attached hydrogens (tertiary/aromatic N) is 2. The average molecular weight is 331 g/mol. The zero-order valence-electron chi connectivity index (χ0n) is 14.3. The molecule has 0 aliphatic heterocycles. The Morgan fingerprint density at radius 2 is 1.88 bits per heavy atom. The van der Waals surface area contributed by atoms with E-state index in [0.29, 0.717) is 17.1 Å². The van der Waals surface area contributed by atoms with Gasteiger partial charge in [-0.1, -0.05) is 12.1 Å². The largest absolute Gasteiger partial charge is 0.427 e. The van der Waals surface area contributed by atoms with Crippen LogP contribution in [0.2, 0.25) is 0 Å². The third-order valence-corrected chi connectivity index (χ3v) is 3.93. The van der Waals surface area contributed by atoms with E-state index in [0.717, 1.165) is 22.2 Å². The first kappa shape index (κ1) is 16.5. The molecule has 5 heteroatoms. The normalized spacial score (nSPS) is 11.4. The molecule has 0 aliphatic carbocycles. The number of allylic oxidation sites excluding steroid dienone is 1. The van der Waals surface area contributed by atoms with Gasteiger partial charge in [0, 0.05) is 6.92 Å². The van der Waals surface area contributed by atoms with E-state index in [-0.39, 0.29) is 5.97 Å². The number of aryl methyl sites for hydroxylation is 2. The van der Waals surface area contributed by atoms with E-state index in [4.69, 9.17) is 4.74 Å². The first-order chi connectivity index (χ1) is 12.0. The Labute approximate surface area is 145 Å². The number of imidazole rings is 1. The van der Waals surface area contributed by atoms with Gasteiger partial charge in [-0.05, 0) is 60.9 Å². The highest BCUT2D eigenvalue weighted by atomic mass is 16.5. The smallest absolute Gasteiger partial charge is 0.308 e. The fourth-order valence-electron chi connectivity index (χ4n) is 2.52. The zero-order valence-corrected chi connectivity index (χ0v) is 14.3. The Balaban J connectivity index is 1.95. The third-order valence-electron chi connectivity index (χ3n) is 3.93. The van der Waals surface area contributed by atoms with Gasteiger partial charge in [0.05, 0.1) is 16.6 Å². The molecule has 0 atom stereocenters. The van der Waals surface area contributed by atoms with Gasteiger partial charge in [-0.25, -0.2) is 4.98 Å². The minimum absolute atomic E-state index is 0.367. The monoisotopic (exact) mass is 331 g/mol. The second-order valence-electron chi connectivity index (χ2n) is 5.87. The van der Waals surface area contributed by atoms with Crippen LogP contribution < -0.4 is 4.74 Å². The molecular weight excluding hydrogens is 314 g/mol. The summed E-state index contributed by atoms with van der Waals surface area (Å²) in [7, 11) is 0. The Morgan fingerprint density at radius 1 is 1.20 bits per heavy atom. The molecule has 0 bridgehead atoms. The van der Waals surface area contributed by atoms with E-state index in [1.54, 1.807) is 30.3 Å². The van der Waals surface area contributed by atoms with Crippen molar-refractivity contribution in [3.05, 3.63) is 58.9 Å². The van der Waals surface area contributed by atoms with Crippen LogP contribution in [0, 0.1) is 25.2 Å². The van der Waals surface area contributed by atoms with Crippen molar-refractivity contribution in [2.75, 3.05) is 0 Å². The van der Waals surface area contributed by atoms with Crippen molar-refractivity contribution in [1.29, 1.82) is 5.26 Å². The number of nitrogens with one attached hydrogen (secondary N) is 1. The van der Waals surface area contributed by atoms with Crippen LogP contribution in [0.5, 0.6) is 5.75 Å². The van der Waals surface area contributed by atoms with Gasteiger partial charge in [-0.3, -0.25) is 4.79 Å². The van der Waals surface area contributed by atoms with Crippen molar-refractivity contribution in [2.45, 2.75) is 20.8 Å².